The maximum absolute atomic E-state index is 13.1. The molecular formula is C26H21ClN2O3S. The van der Waals surface area contributed by atoms with E-state index in [1.807, 2.05) is 47.2 Å². The van der Waals surface area contributed by atoms with Gasteiger partial charge in [-0.25, -0.2) is 0 Å². The van der Waals surface area contributed by atoms with Crippen LogP contribution >= 0.6 is 22.9 Å². The Bertz CT molecular complexity index is 1260. The van der Waals surface area contributed by atoms with Gasteiger partial charge in [0.15, 0.2) is 0 Å². The fourth-order valence-corrected chi connectivity index (χ4v) is 4.24. The molecule has 0 aliphatic heterocycles. The lowest BCUT2D eigenvalue weighted by atomic mass is 10.0. The van der Waals surface area contributed by atoms with Gasteiger partial charge in [0.1, 0.15) is 12.4 Å². The zero-order valence-corrected chi connectivity index (χ0v) is 19.1. The molecule has 1 unspecified atom stereocenters. The summed E-state index contributed by atoms with van der Waals surface area (Å²) in [6.45, 7) is 0.191. The molecule has 0 aliphatic rings. The predicted octanol–water partition coefficient (Wildman–Crippen LogP) is 5.60. The van der Waals surface area contributed by atoms with Gasteiger partial charge in [0.05, 0.1) is 11.6 Å². The Morgan fingerprint density at radius 1 is 0.970 bits per heavy atom. The molecule has 2 amide bonds. The van der Waals surface area contributed by atoms with Crippen molar-refractivity contribution in [1.29, 1.82) is 0 Å². The van der Waals surface area contributed by atoms with Crippen molar-refractivity contribution in [3.63, 3.8) is 0 Å². The van der Waals surface area contributed by atoms with Crippen molar-refractivity contribution in [3.05, 3.63) is 122 Å². The standard InChI is InChI=1S/C26H21ClN2O3S/c27-21-10-8-18(9-11-21)24(20-12-13-33-16-20)29-26(31)19-5-3-4-17(14-19)15-32-23-7-2-1-6-22(23)25(28)30/h1-14,16,24H,15H2,(H2,28,30)(H,29,31). The van der Waals surface area contributed by atoms with Crippen LogP contribution in [-0.2, 0) is 6.61 Å². The van der Waals surface area contributed by atoms with E-state index < -0.39 is 5.91 Å². The Balaban J connectivity index is 1.51. The molecule has 4 rings (SSSR count). The average Bonchev–Trinajstić information content (AvgIpc) is 3.37. The number of nitrogens with two attached hydrogens (primary N) is 1. The molecule has 7 heteroatoms. The first-order valence-corrected chi connectivity index (χ1v) is 11.5. The summed E-state index contributed by atoms with van der Waals surface area (Å²) in [4.78, 5) is 24.7. The Kier molecular flexibility index (Phi) is 7.07. The normalized spacial score (nSPS) is 11.5. The molecule has 0 bridgehead atoms. The SMILES string of the molecule is NC(=O)c1ccccc1OCc1cccc(C(=O)NC(c2ccc(Cl)cc2)c2ccsc2)c1. The fourth-order valence-electron chi connectivity index (χ4n) is 3.43. The molecule has 3 N–H and O–H groups in total. The Morgan fingerprint density at radius 2 is 1.76 bits per heavy atom. The van der Waals surface area contributed by atoms with Crippen LogP contribution in [0.1, 0.15) is 43.4 Å². The van der Waals surface area contributed by atoms with Crippen LogP contribution in [0.15, 0.2) is 89.6 Å². The Morgan fingerprint density at radius 3 is 2.48 bits per heavy atom. The highest BCUT2D eigenvalue weighted by Crippen LogP contribution is 2.26. The maximum Gasteiger partial charge on any atom is 0.252 e. The van der Waals surface area contributed by atoms with Crippen LogP contribution in [-0.4, -0.2) is 11.8 Å². The maximum atomic E-state index is 13.1. The van der Waals surface area contributed by atoms with Gasteiger partial charge in [0.2, 0.25) is 0 Å². The number of para-hydroxylation sites is 1. The van der Waals surface area contributed by atoms with E-state index in [0.717, 1.165) is 16.7 Å². The summed E-state index contributed by atoms with van der Waals surface area (Å²) in [5.74, 6) is -0.360. The van der Waals surface area contributed by atoms with Gasteiger partial charge >= 0.3 is 0 Å². The van der Waals surface area contributed by atoms with E-state index in [1.165, 1.54) is 0 Å². The van der Waals surface area contributed by atoms with E-state index >= 15 is 0 Å². The van der Waals surface area contributed by atoms with Crippen LogP contribution in [0.25, 0.3) is 0 Å². The lowest BCUT2D eigenvalue weighted by Gasteiger charge is -2.19. The van der Waals surface area contributed by atoms with Crippen LogP contribution in [0.5, 0.6) is 5.75 Å². The van der Waals surface area contributed by atoms with Crippen molar-refractivity contribution in [2.45, 2.75) is 12.6 Å². The van der Waals surface area contributed by atoms with Gasteiger partial charge in [-0.3, -0.25) is 9.59 Å². The van der Waals surface area contributed by atoms with Crippen LogP contribution < -0.4 is 15.8 Å². The number of hydrogen-bond donors (Lipinski definition) is 2. The minimum atomic E-state index is -0.555. The summed E-state index contributed by atoms with van der Waals surface area (Å²) in [5, 5.41) is 7.75. The number of hydrogen-bond acceptors (Lipinski definition) is 4. The molecule has 0 fully saturated rings. The number of nitrogens with one attached hydrogen (secondary N) is 1. The molecular weight excluding hydrogens is 456 g/mol. The summed E-state index contributed by atoms with van der Waals surface area (Å²) in [5.41, 5.74) is 8.96. The number of thiophene rings is 1. The van der Waals surface area contributed by atoms with Gasteiger partial charge in [-0.15, -0.1) is 0 Å². The van der Waals surface area contributed by atoms with E-state index in [4.69, 9.17) is 22.1 Å². The summed E-state index contributed by atoms with van der Waals surface area (Å²) in [6, 6.07) is 23.1. The topological polar surface area (TPSA) is 81.4 Å². The smallest absolute Gasteiger partial charge is 0.252 e. The third-order valence-electron chi connectivity index (χ3n) is 5.09. The first-order valence-electron chi connectivity index (χ1n) is 10.2. The van der Waals surface area contributed by atoms with Gasteiger partial charge in [-0.2, -0.15) is 11.3 Å². The predicted molar refractivity (Wildman–Crippen MR) is 131 cm³/mol. The van der Waals surface area contributed by atoms with Gasteiger partial charge in [-0.05, 0) is 69.9 Å². The minimum absolute atomic E-state index is 0.191. The van der Waals surface area contributed by atoms with Crippen molar-refractivity contribution in [3.8, 4) is 5.75 Å². The summed E-state index contributed by atoms with van der Waals surface area (Å²) in [6.07, 6.45) is 0. The first-order chi connectivity index (χ1) is 16.0. The van der Waals surface area contributed by atoms with Crippen LogP contribution in [0.3, 0.4) is 0 Å². The molecule has 0 spiro atoms. The highest BCUT2D eigenvalue weighted by molar-refractivity contribution is 7.08. The molecule has 0 saturated carbocycles. The quantitative estimate of drug-likeness (QED) is 0.347. The van der Waals surface area contributed by atoms with Crippen LogP contribution in [0, 0.1) is 0 Å². The average molecular weight is 477 g/mol. The molecule has 166 valence electrons. The fraction of sp³-hybridized carbons (Fsp3) is 0.0769. The van der Waals surface area contributed by atoms with Crippen molar-refractivity contribution in [1.82, 2.24) is 5.32 Å². The molecule has 0 aliphatic carbocycles. The van der Waals surface area contributed by atoms with Crippen molar-refractivity contribution >= 4 is 34.8 Å². The van der Waals surface area contributed by atoms with Crippen molar-refractivity contribution in [2.75, 3.05) is 0 Å². The summed E-state index contributed by atoms with van der Waals surface area (Å²) in [7, 11) is 0. The number of halogens is 1. The van der Waals surface area contributed by atoms with Gasteiger partial charge in [0, 0.05) is 10.6 Å². The second kappa shape index (κ2) is 10.3. The third-order valence-corrected chi connectivity index (χ3v) is 6.04. The van der Waals surface area contributed by atoms with Crippen molar-refractivity contribution in [2.24, 2.45) is 5.73 Å². The molecule has 4 aromatic rings. The number of primary amides is 1. The minimum Gasteiger partial charge on any atom is -0.488 e. The second-order valence-corrected chi connectivity index (χ2v) is 8.58. The van der Waals surface area contributed by atoms with E-state index in [-0.39, 0.29) is 18.6 Å². The molecule has 1 atom stereocenters. The van der Waals surface area contributed by atoms with Crippen LogP contribution in [0.4, 0.5) is 0 Å². The highest BCUT2D eigenvalue weighted by atomic mass is 35.5. The molecule has 0 radical (unpaired) electrons. The number of carbonyl (C=O) groups excluding carboxylic acids is 2. The summed E-state index contributed by atoms with van der Waals surface area (Å²) < 4.78 is 5.80. The lowest BCUT2D eigenvalue weighted by Crippen LogP contribution is -2.29. The Labute approximate surface area is 200 Å². The zero-order chi connectivity index (χ0) is 23.2. The van der Waals surface area contributed by atoms with Gasteiger partial charge in [-0.1, -0.05) is 48.0 Å². The van der Waals surface area contributed by atoms with Gasteiger partial charge in [0.25, 0.3) is 11.8 Å². The Hall–Kier alpha value is -3.61. The third kappa shape index (κ3) is 5.61. The highest BCUT2D eigenvalue weighted by Gasteiger charge is 2.19. The molecule has 5 nitrogen and oxygen atoms in total. The second-order valence-electron chi connectivity index (χ2n) is 7.36. The molecule has 1 aromatic heterocycles. The van der Waals surface area contributed by atoms with Crippen molar-refractivity contribution < 1.29 is 14.3 Å². The molecule has 1 heterocycles. The number of rotatable bonds is 8. The van der Waals surface area contributed by atoms with Gasteiger partial charge < -0.3 is 15.8 Å². The van der Waals surface area contributed by atoms with E-state index in [2.05, 4.69) is 5.32 Å². The van der Waals surface area contributed by atoms with E-state index in [1.54, 1.807) is 53.8 Å². The first kappa shape index (κ1) is 22.6. The monoisotopic (exact) mass is 476 g/mol. The molecule has 33 heavy (non-hydrogen) atoms. The summed E-state index contributed by atoms with van der Waals surface area (Å²) >= 11 is 7.61. The van der Waals surface area contributed by atoms with Crippen LogP contribution in [0.2, 0.25) is 5.02 Å². The largest absolute Gasteiger partial charge is 0.488 e. The molecule has 3 aromatic carbocycles. The number of amides is 2. The van der Waals surface area contributed by atoms with E-state index in [0.29, 0.717) is 21.9 Å². The number of carbonyl (C=O) groups is 2. The zero-order valence-electron chi connectivity index (χ0n) is 17.5. The lowest BCUT2D eigenvalue weighted by molar-refractivity contribution is 0.0942. The molecule has 0 saturated heterocycles. The number of ether oxygens (including phenoxy) is 1. The number of benzene rings is 3. The van der Waals surface area contributed by atoms with E-state index in [9.17, 15) is 9.59 Å².